The van der Waals surface area contributed by atoms with Crippen LogP contribution in [0.2, 0.25) is 0 Å². The molecule has 0 amide bonds. The zero-order chi connectivity index (χ0) is 14.9. The van der Waals surface area contributed by atoms with Crippen molar-refractivity contribution in [2.45, 2.75) is 26.7 Å². The molecular weight excluding hydrogens is 274 g/mol. The van der Waals surface area contributed by atoms with Gasteiger partial charge in [-0.2, -0.15) is 10.4 Å². The Labute approximate surface area is 123 Å². The van der Waals surface area contributed by atoms with Gasteiger partial charge in [-0.25, -0.2) is 4.68 Å². The zero-order valence-electron chi connectivity index (χ0n) is 12.0. The van der Waals surface area contributed by atoms with Gasteiger partial charge in [0.05, 0.1) is 28.8 Å². The molecule has 0 radical (unpaired) electrons. The summed E-state index contributed by atoms with van der Waals surface area (Å²) in [6.07, 6.45) is 0. The van der Waals surface area contributed by atoms with Crippen LogP contribution in [0.4, 0.5) is 0 Å². The van der Waals surface area contributed by atoms with E-state index in [1.807, 2.05) is 40.0 Å². The summed E-state index contributed by atoms with van der Waals surface area (Å²) in [6.45, 7) is 5.75. The molecule has 20 heavy (non-hydrogen) atoms. The van der Waals surface area contributed by atoms with E-state index in [-0.39, 0.29) is 0 Å². The number of nitriles is 1. The SMILES string of the molecule is Cc1cc(C#N)cc(C)c1Oc1c(CCl)c(C)nn1C. The van der Waals surface area contributed by atoms with E-state index in [0.717, 1.165) is 28.1 Å². The van der Waals surface area contributed by atoms with Gasteiger partial charge in [-0.15, -0.1) is 11.6 Å². The summed E-state index contributed by atoms with van der Waals surface area (Å²) in [5, 5.41) is 13.3. The number of nitrogens with zero attached hydrogens (tertiary/aromatic N) is 3. The van der Waals surface area contributed by atoms with E-state index in [9.17, 15) is 0 Å². The van der Waals surface area contributed by atoms with Gasteiger partial charge in [0.2, 0.25) is 5.88 Å². The van der Waals surface area contributed by atoms with E-state index in [1.54, 1.807) is 4.68 Å². The normalized spacial score (nSPS) is 10.4. The molecule has 4 nitrogen and oxygen atoms in total. The fourth-order valence-electron chi connectivity index (χ4n) is 2.23. The number of hydrogen-bond donors (Lipinski definition) is 0. The number of aryl methyl sites for hydroxylation is 4. The highest BCUT2D eigenvalue weighted by Crippen LogP contribution is 2.33. The van der Waals surface area contributed by atoms with Gasteiger partial charge in [-0.05, 0) is 44.0 Å². The van der Waals surface area contributed by atoms with E-state index in [0.29, 0.717) is 17.3 Å². The Hall–Kier alpha value is -1.99. The number of hydrogen-bond acceptors (Lipinski definition) is 3. The van der Waals surface area contributed by atoms with Crippen molar-refractivity contribution in [3.05, 3.63) is 40.1 Å². The van der Waals surface area contributed by atoms with E-state index in [1.165, 1.54) is 0 Å². The molecule has 0 saturated heterocycles. The maximum Gasteiger partial charge on any atom is 0.222 e. The number of rotatable bonds is 3. The highest BCUT2D eigenvalue weighted by atomic mass is 35.5. The van der Waals surface area contributed by atoms with Gasteiger partial charge in [-0.1, -0.05) is 0 Å². The quantitative estimate of drug-likeness (QED) is 0.809. The lowest BCUT2D eigenvalue weighted by Crippen LogP contribution is -1.99. The molecule has 1 aromatic carbocycles. The molecule has 0 aliphatic heterocycles. The van der Waals surface area contributed by atoms with Crippen molar-refractivity contribution in [2.24, 2.45) is 7.05 Å². The van der Waals surface area contributed by atoms with Crippen LogP contribution in [0.5, 0.6) is 11.6 Å². The third-order valence-corrected chi connectivity index (χ3v) is 3.48. The predicted octanol–water partition coefficient (Wildman–Crippen LogP) is 3.75. The number of aromatic nitrogens is 2. The van der Waals surface area contributed by atoms with Crippen molar-refractivity contribution in [1.29, 1.82) is 5.26 Å². The van der Waals surface area contributed by atoms with E-state index >= 15 is 0 Å². The third kappa shape index (κ3) is 2.50. The van der Waals surface area contributed by atoms with Crippen LogP contribution in [0, 0.1) is 32.1 Å². The minimum atomic E-state index is 0.351. The van der Waals surface area contributed by atoms with Gasteiger partial charge in [-0.3, -0.25) is 0 Å². The molecule has 0 bridgehead atoms. The molecule has 0 aliphatic rings. The molecule has 1 aromatic heterocycles. The molecule has 1 heterocycles. The Morgan fingerprint density at radius 1 is 1.30 bits per heavy atom. The van der Waals surface area contributed by atoms with Gasteiger partial charge >= 0.3 is 0 Å². The summed E-state index contributed by atoms with van der Waals surface area (Å²) in [4.78, 5) is 0. The van der Waals surface area contributed by atoms with Crippen molar-refractivity contribution in [3.8, 4) is 17.7 Å². The number of alkyl halides is 1. The predicted molar refractivity (Wildman–Crippen MR) is 78.2 cm³/mol. The van der Waals surface area contributed by atoms with E-state index in [4.69, 9.17) is 21.6 Å². The zero-order valence-corrected chi connectivity index (χ0v) is 12.7. The van der Waals surface area contributed by atoms with Crippen molar-refractivity contribution in [2.75, 3.05) is 0 Å². The second kappa shape index (κ2) is 5.56. The molecule has 2 rings (SSSR count). The third-order valence-electron chi connectivity index (χ3n) is 3.21. The van der Waals surface area contributed by atoms with Crippen LogP contribution >= 0.6 is 11.6 Å². The number of benzene rings is 1. The Bertz CT molecular complexity index is 675. The van der Waals surface area contributed by atoms with Crippen molar-refractivity contribution < 1.29 is 4.74 Å². The van der Waals surface area contributed by atoms with Crippen molar-refractivity contribution in [3.63, 3.8) is 0 Å². The maximum atomic E-state index is 8.97. The monoisotopic (exact) mass is 289 g/mol. The smallest absolute Gasteiger partial charge is 0.222 e. The Morgan fingerprint density at radius 2 is 1.90 bits per heavy atom. The van der Waals surface area contributed by atoms with Crippen molar-refractivity contribution in [1.82, 2.24) is 9.78 Å². The van der Waals surface area contributed by atoms with Gasteiger partial charge in [0, 0.05) is 7.05 Å². The van der Waals surface area contributed by atoms with Crippen LogP contribution in [-0.4, -0.2) is 9.78 Å². The summed E-state index contributed by atoms with van der Waals surface area (Å²) in [7, 11) is 1.83. The minimum Gasteiger partial charge on any atom is -0.438 e. The summed E-state index contributed by atoms with van der Waals surface area (Å²) in [5.41, 5.74) is 4.21. The second-order valence-corrected chi connectivity index (χ2v) is 5.05. The summed E-state index contributed by atoms with van der Waals surface area (Å²) < 4.78 is 7.70. The molecule has 0 saturated carbocycles. The average molecular weight is 290 g/mol. The first-order valence-electron chi connectivity index (χ1n) is 6.25. The van der Waals surface area contributed by atoms with E-state index in [2.05, 4.69) is 11.2 Å². The van der Waals surface area contributed by atoms with Gasteiger partial charge in [0.25, 0.3) is 0 Å². The number of halogens is 1. The standard InChI is InChI=1S/C15H16ClN3O/c1-9-5-12(8-17)6-10(2)14(9)20-15-13(7-16)11(3)18-19(15)4/h5-6H,7H2,1-4H3. The molecule has 0 atom stereocenters. The lowest BCUT2D eigenvalue weighted by atomic mass is 10.1. The van der Waals surface area contributed by atoms with Gasteiger partial charge in [0.1, 0.15) is 5.75 Å². The first kappa shape index (κ1) is 14.4. The van der Waals surface area contributed by atoms with Crippen LogP contribution in [-0.2, 0) is 12.9 Å². The van der Waals surface area contributed by atoms with Crippen LogP contribution in [0.25, 0.3) is 0 Å². The van der Waals surface area contributed by atoms with E-state index < -0.39 is 0 Å². The highest BCUT2D eigenvalue weighted by molar-refractivity contribution is 6.17. The largest absolute Gasteiger partial charge is 0.438 e. The number of ether oxygens (including phenoxy) is 1. The first-order valence-corrected chi connectivity index (χ1v) is 6.79. The van der Waals surface area contributed by atoms with Crippen LogP contribution < -0.4 is 4.74 Å². The van der Waals surface area contributed by atoms with Crippen LogP contribution in [0.3, 0.4) is 0 Å². The van der Waals surface area contributed by atoms with Crippen LogP contribution in [0.1, 0.15) is 27.9 Å². The Kier molecular flexibility index (Phi) is 4.01. The fraction of sp³-hybridized carbons (Fsp3) is 0.333. The molecule has 0 unspecified atom stereocenters. The maximum absolute atomic E-state index is 8.97. The lowest BCUT2D eigenvalue weighted by Gasteiger charge is -2.13. The molecule has 0 N–H and O–H groups in total. The Morgan fingerprint density at radius 3 is 2.40 bits per heavy atom. The van der Waals surface area contributed by atoms with Gasteiger partial charge in [0.15, 0.2) is 0 Å². The topological polar surface area (TPSA) is 50.8 Å². The second-order valence-electron chi connectivity index (χ2n) is 4.78. The molecule has 0 aliphatic carbocycles. The molecule has 0 spiro atoms. The molecule has 5 heteroatoms. The fourth-order valence-corrected chi connectivity index (χ4v) is 2.54. The molecular formula is C15H16ClN3O. The van der Waals surface area contributed by atoms with Crippen molar-refractivity contribution >= 4 is 11.6 Å². The first-order chi connectivity index (χ1) is 9.47. The molecule has 2 aromatic rings. The average Bonchev–Trinajstić information content (AvgIpc) is 2.67. The minimum absolute atomic E-state index is 0.351. The summed E-state index contributed by atoms with van der Waals surface area (Å²) in [5.74, 6) is 1.75. The van der Waals surface area contributed by atoms with Gasteiger partial charge < -0.3 is 4.74 Å². The Balaban J connectivity index is 2.49. The summed E-state index contributed by atoms with van der Waals surface area (Å²) in [6, 6.07) is 5.77. The lowest BCUT2D eigenvalue weighted by molar-refractivity contribution is 0.422. The molecule has 0 fully saturated rings. The van der Waals surface area contributed by atoms with Crippen LogP contribution in [0.15, 0.2) is 12.1 Å². The summed E-state index contributed by atoms with van der Waals surface area (Å²) >= 11 is 5.97. The highest BCUT2D eigenvalue weighted by Gasteiger charge is 2.17. The molecule has 104 valence electrons.